The van der Waals surface area contributed by atoms with E-state index in [2.05, 4.69) is 0 Å². The van der Waals surface area contributed by atoms with E-state index in [4.69, 9.17) is 9.40 Å². The molecule has 3 aromatic rings. The Bertz CT molecular complexity index is 1410. The average Bonchev–Trinajstić information content (AvgIpc) is 2.76. The van der Waals surface area contributed by atoms with Crippen molar-refractivity contribution in [2.45, 2.75) is 6.92 Å². The molecule has 3 aromatic carbocycles. The average molecular weight is 380 g/mol. The normalized spacial score (nSPS) is 11.2. The summed E-state index contributed by atoms with van der Waals surface area (Å²) in [6.45, 7) is 1.43. The minimum absolute atomic E-state index is 0.177. The molecule has 1 aliphatic carbocycles. The van der Waals surface area contributed by atoms with Crippen LogP contribution in [0.25, 0.3) is 33.3 Å². The zero-order chi connectivity index (χ0) is 20.0. The molecule has 5 nitrogen and oxygen atoms in total. The van der Waals surface area contributed by atoms with Crippen LogP contribution in [0.3, 0.4) is 0 Å². The second kappa shape index (κ2) is 6.56. The van der Waals surface area contributed by atoms with Crippen LogP contribution in [0.4, 0.5) is 11.4 Å². The van der Waals surface area contributed by atoms with Gasteiger partial charge in [-0.2, -0.15) is 0 Å². The van der Waals surface area contributed by atoms with E-state index in [1.54, 1.807) is 30.3 Å². The third-order valence-corrected chi connectivity index (χ3v) is 4.93. The smallest absolute Gasteiger partial charge is 0.228 e. The van der Waals surface area contributed by atoms with Crippen molar-refractivity contribution in [2.75, 3.05) is 4.90 Å². The molecule has 0 fully saturated rings. The van der Waals surface area contributed by atoms with Gasteiger partial charge in [-0.1, -0.05) is 54.6 Å². The summed E-state index contributed by atoms with van der Waals surface area (Å²) in [4.78, 5) is 32.4. The zero-order valence-corrected chi connectivity index (χ0v) is 15.6. The standard InChI is InChI=1S/C24H16N2O3/c1-15(27)26(16-9-3-2-4-10-16)22-23(28)18-12-6-5-11-17(18)21-24(22)29-20-14-8-7-13-19(20)25-21/h2-14H,1H3. The topological polar surface area (TPSA) is 63.4 Å². The minimum Gasteiger partial charge on any atom is -0.450 e. The van der Waals surface area contributed by atoms with Crippen LogP contribution < -0.4 is 10.3 Å². The summed E-state index contributed by atoms with van der Waals surface area (Å²) in [6, 6.07) is 23.7. The number of benzene rings is 4. The molecule has 1 heterocycles. The predicted molar refractivity (Wildman–Crippen MR) is 114 cm³/mol. The van der Waals surface area contributed by atoms with E-state index in [9.17, 15) is 9.59 Å². The van der Waals surface area contributed by atoms with Crippen molar-refractivity contribution in [2.24, 2.45) is 0 Å². The molecule has 5 heteroatoms. The number of para-hydroxylation sites is 3. The number of aromatic nitrogens is 1. The third kappa shape index (κ3) is 2.67. The molecule has 29 heavy (non-hydrogen) atoms. The predicted octanol–water partition coefficient (Wildman–Crippen LogP) is 5.13. The molecular weight excluding hydrogens is 364 g/mol. The lowest BCUT2D eigenvalue weighted by Gasteiger charge is -2.24. The molecule has 1 amide bonds. The van der Waals surface area contributed by atoms with Crippen LogP contribution in [-0.4, -0.2) is 10.9 Å². The fourth-order valence-corrected chi connectivity index (χ4v) is 3.68. The Hall–Kier alpha value is -3.99. The number of carbonyl (C=O) groups excluding carboxylic acids is 1. The van der Waals surface area contributed by atoms with Crippen LogP contribution in [0, 0.1) is 0 Å². The lowest BCUT2D eigenvalue weighted by Crippen LogP contribution is -2.29. The van der Waals surface area contributed by atoms with Gasteiger partial charge >= 0.3 is 0 Å². The number of hydrogen-bond acceptors (Lipinski definition) is 4. The number of rotatable bonds is 2. The first kappa shape index (κ1) is 17.1. The lowest BCUT2D eigenvalue weighted by atomic mass is 10.0. The first-order valence-corrected chi connectivity index (χ1v) is 9.25. The molecule has 0 unspecified atom stereocenters. The molecule has 0 spiro atoms. The largest absolute Gasteiger partial charge is 0.450 e. The van der Waals surface area contributed by atoms with Crippen LogP contribution in [-0.2, 0) is 4.79 Å². The highest BCUT2D eigenvalue weighted by molar-refractivity contribution is 6.08. The van der Waals surface area contributed by atoms with E-state index in [1.807, 2.05) is 48.5 Å². The second-order valence-corrected chi connectivity index (χ2v) is 6.77. The van der Waals surface area contributed by atoms with Crippen molar-refractivity contribution in [3.63, 3.8) is 0 Å². The number of hydrogen-bond donors (Lipinski definition) is 0. The van der Waals surface area contributed by atoms with Gasteiger partial charge in [-0.3, -0.25) is 14.5 Å². The Morgan fingerprint density at radius 3 is 2.28 bits per heavy atom. The molecular formula is C24H16N2O3. The van der Waals surface area contributed by atoms with Gasteiger partial charge in [0.2, 0.25) is 11.3 Å². The van der Waals surface area contributed by atoms with E-state index in [0.29, 0.717) is 39.0 Å². The molecule has 0 saturated carbocycles. The van der Waals surface area contributed by atoms with Gasteiger partial charge in [-0.25, -0.2) is 4.98 Å². The first-order valence-electron chi connectivity index (χ1n) is 9.25. The van der Waals surface area contributed by atoms with Crippen LogP contribution >= 0.6 is 0 Å². The maximum absolute atomic E-state index is 13.5. The Labute approximate surface area is 166 Å². The van der Waals surface area contributed by atoms with Crippen molar-refractivity contribution in [1.29, 1.82) is 0 Å². The molecule has 140 valence electrons. The van der Waals surface area contributed by atoms with Gasteiger partial charge in [0.25, 0.3) is 0 Å². The number of anilines is 2. The Morgan fingerprint density at radius 1 is 0.862 bits per heavy atom. The van der Waals surface area contributed by atoms with Gasteiger partial charge in [-0.15, -0.1) is 0 Å². The molecule has 0 bridgehead atoms. The third-order valence-electron chi connectivity index (χ3n) is 4.93. The maximum Gasteiger partial charge on any atom is 0.228 e. The molecule has 2 aliphatic rings. The molecule has 5 rings (SSSR count). The van der Waals surface area contributed by atoms with Crippen molar-refractivity contribution in [1.82, 2.24) is 4.98 Å². The maximum atomic E-state index is 13.5. The summed E-state index contributed by atoms with van der Waals surface area (Å²) < 4.78 is 6.16. The van der Waals surface area contributed by atoms with E-state index >= 15 is 0 Å². The van der Waals surface area contributed by atoms with Crippen LogP contribution in [0.5, 0.6) is 0 Å². The molecule has 0 atom stereocenters. The first-order chi connectivity index (χ1) is 14.1. The van der Waals surface area contributed by atoms with Gasteiger partial charge < -0.3 is 4.42 Å². The molecule has 0 radical (unpaired) electrons. The summed E-state index contributed by atoms with van der Waals surface area (Å²) >= 11 is 0. The Balaban J connectivity index is 1.98. The molecule has 0 N–H and O–H groups in total. The highest BCUT2D eigenvalue weighted by Crippen LogP contribution is 2.39. The summed E-state index contributed by atoms with van der Waals surface area (Å²) in [5.74, 6) is 0.0136. The lowest BCUT2D eigenvalue weighted by molar-refractivity contribution is -0.115. The summed E-state index contributed by atoms with van der Waals surface area (Å²) in [7, 11) is 0. The number of carbonyl (C=O) groups is 1. The summed E-state index contributed by atoms with van der Waals surface area (Å²) in [5, 5.41) is 1.19. The number of fused-ring (bicyclic) bond motifs is 4. The molecule has 0 saturated heterocycles. The summed E-state index contributed by atoms with van der Waals surface area (Å²) in [5.41, 5.74) is 2.29. The van der Waals surface area contributed by atoms with E-state index in [1.165, 1.54) is 11.8 Å². The minimum atomic E-state index is -0.284. The fourth-order valence-electron chi connectivity index (χ4n) is 3.68. The van der Waals surface area contributed by atoms with E-state index in [-0.39, 0.29) is 17.0 Å². The SMILES string of the molecule is CC(=O)N(c1ccccc1)c1c2oc3ccccc3nc-2c2ccccc2c1=O. The highest BCUT2D eigenvalue weighted by Gasteiger charge is 2.28. The van der Waals surface area contributed by atoms with Gasteiger partial charge in [0, 0.05) is 23.4 Å². The summed E-state index contributed by atoms with van der Waals surface area (Å²) in [6.07, 6.45) is 0. The van der Waals surface area contributed by atoms with E-state index < -0.39 is 0 Å². The monoisotopic (exact) mass is 380 g/mol. The molecule has 0 aromatic heterocycles. The number of nitrogens with zero attached hydrogens (tertiary/aromatic N) is 2. The van der Waals surface area contributed by atoms with Crippen molar-refractivity contribution >= 4 is 39.2 Å². The van der Waals surface area contributed by atoms with Crippen LogP contribution in [0.1, 0.15) is 6.92 Å². The number of amides is 1. The van der Waals surface area contributed by atoms with Crippen molar-refractivity contribution < 1.29 is 9.21 Å². The van der Waals surface area contributed by atoms with Gasteiger partial charge in [-0.05, 0) is 24.3 Å². The van der Waals surface area contributed by atoms with Gasteiger partial charge in [0.1, 0.15) is 16.9 Å². The Morgan fingerprint density at radius 2 is 1.52 bits per heavy atom. The zero-order valence-electron chi connectivity index (χ0n) is 15.6. The highest BCUT2D eigenvalue weighted by atomic mass is 16.3. The van der Waals surface area contributed by atoms with Crippen LogP contribution in [0.15, 0.2) is 88.1 Å². The quantitative estimate of drug-likeness (QED) is 0.315. The van der Waals surface area contributed by atoms with Crippen molar-refractivity contribution in [3.05, 3.63) is 89.1 Å². The van der Waals surface area contributed by atoms with Gasteiger partial charge in [0.15, 0.2) is 11.3 Å². The van der Waals surface area contributed by atoms with Crippen LogP contribution in [0.2, 0.25) is 0 Å². The second-order valence-electron chi connectivity index (χ2n) is 6.77. The Kier molecular flexibility index (Phi) is 3.88. The van der Waals surface area contributed by atoms with E-state index in [0.717, 1.165) is 0 Å². The van der Waals surface area contributed by atoms with Crippen molar-refractivity contribution in [3.8, 4) is 11.5 Å². The molecule has 1 aliphatic heterocycles. The van der Waals surface area contributed by atoms with Gasteiger partial charge in [0.05, 0.1) is 0 Å². The fraction of sp³-hybridized carbons (Fsp3) is 0.0417.